The van der Waals surface area contributed by atoms with E-state index in [4.69, 9.17) is 4.42 Å². The molecule has 0 saturated carbocycles. The van der Waals surface area contributed by atoms with E-state index in [0.717, 1.165) is 12.1 Å². The standard InChI is InChI=1S/C22H20F2N6O2/c1-12-3-6-17(30-25-7-8-26-30)20(27-12)22(31)29-11-14(5-4-13(29)2)21-28-19-16(24)9-15(23)10-18(19)32-21/h3,6-10,13-14H,4-5,11H2,1-2H3/t13-,14-/m1/s1. The summed E-state index contributed by atoms with van der Waals surface area (Å²) in [5, 5.41) is 8.26. The molecule has 0 aliphatic carbocycles. The summed E-state index contributed by atoms with van der Waals surface area (Å²) in [7, 11) is 0. The molecule has 1 fully saturated rings. The SMILES string of the molecule is Cc1ccc(-n2nccn2)c(C(=O)N2C[C@H](c3nc4c(F)cc(F)cc4o3)CC[C@H]2C)n1. The van der Waals surface area contributed by atoms with Crippen LogP contribution in [0, 0.1) is 18.6 Å². The van der Waals surface area contributed by atoms with Gasteiger partial charge in [-0.1, -0.05) is 0 Å². The lowest BCUT2D eigenvalue weighted by molar-refractivity contribution is 0.0591. The number of aryl methyl sites for hydroxylation is 1. The number of carbonyl (C=O) groups excluding carboxylic acids is 1. The summed E-state index contributed by atoms with van der Waals surface area (Å²) < 4.78 is 33.3. The van der Waals surface area contributed by atoms with Crippen LogP contribution in [0.25, 0.3) is 16.8 Å². The predicted molar refractivity (Wildman–Crippen MR) is 110 cm³/mol. The van der Waals surface area contributed by atoms with E-state index in [9.17, 15) is 13.6 Å². The molecule has 0 unspecified atom stereocenters. The molecule has 4 aromatic rings. The van der Waals surface area contributed by atoms with E-state index < -0.39 is 11.6 Å². The van der Waals surface area contributed by atoms with Crippen molar-refractivity contribution in [3.8, 4) is 5.69 Å². The van der Waals surface area contributed by atoms with E-state index in [1.54, 1.807) is 17.0 Å². The number of hydrogen-bond acceptors (Lipinski definition) is 6. The Morgan fingerprint density at radius 3 is 2.69 bits per heavy atom. The van der Waals surface area contributed by atoms with E-state index in [0.29, 0.717) is 36.7 Å². The van der Waals surface area contributed by atoms with Crippen LogP contribution in [0.2, 0.25) is 0 Å². The Balaban J connectivity index is 1.48. The minimum atomic E-state index is -0.771. The van der Waals surface area contributed by atoms with Crippen molar-refractivity contribution in [2.24, 2.45) is 0 Å². The van der Waals surface area contributed by atoms with Gasteiger partial charge in [0.15, 0.2) is 23.0 Å². The fraction of sp³-hybridized carbons (Fsp3) is 0.318. The fourth-order valence-corrected chi connectivity index (χ4v) is 4.08. The Hall–Kier alpha value is -3.69. The zero-order valence-corrected chi connectivity index (χ0v) is 17.5. The van der Waals surface area contributed by atoms with Gasteiger partial charge >= 0.3 is 0 Å². The highest BCUT2D eigenvalue weighted by Gasteiger charge is 2.35. The minimum Gasteiger partial charge on any atom is -0.440 e. The van der Waals surface area contributed by atoms with Gasteiger partial charge in [0, 0.05) is 30.4 Å². The highest BCUT2D eigenvalue weighted by Crippen LogP contribution is 2.33. The zero-order valence-electron chi connectivity index (χ0n) is 17.5. The lowest BCUT2D eigenvalue weighted by atomic mass is 9.93. The van der Waals surface area contributed by atoms with Crippen LogP contribution in [-0.2, 0) is 0 Å². The number of rotatable bonds is 3. The van der Waals surface area contributed by atoms with E-state index in [1.165, 1.54) is 17.2 Å². The third-order valence-electron chi connectivity index (χ3n) is 5.77. The monoisotopic (exact) mass is 438 g/mol. The van der Waals surface area contributed by atoms with Crippen molar-refractivity contribution in [1.29, 1.82) is 0 Å². The Morgan fingerprint density at radius 1 is 1.12 bits per heavy atom. The average molecular weight is 438 g/mol. The Morgan fingerprint density at radius 2 is 1.91 bits per heavy atom. The molecule has 10 heteroatoms. The third-order valence-corrected chi connectivity index (χ3v) is 5.77. The molecule has 1 saturated heterocycles. The quantitative estimate of drug-likeness (QED) is 0.483. The van der Waals surface area contributed by atoms with Gasteiger partial charge in [0.1, 0.15) is 17.0 Å². The molecule has 1 amide bonds. The van der Waals surface area contributed by atoms with Crippen LogP contribution in [0.3, 0.4) is 0 Å². The van der Waals surface area contributed by atoms with E-state index in [1.807, 2.05) is 13.8 Å². The third kappa shape index (κ3) is 3.51. The van der Waals surface area contributed by atoms with Crippen molar-refractivity contribution in [3.63, 3.8) is 0 Å². The van der Waals surface area contributed by atoms with E-state index in [-0.39, 0.29) is 34.7 Å². The van der Waals surface area contributed by atoms with Crippen LogP contribution >= 0.6 is 0 Å². The molecule has 0 bridgehead atoms. The Kier molecular flexibility index (Phi) is 4.91. The first-order valence-electron chi connectivity index (χ1n) is 10.3. The van der Waals surface area contributed by atoms with Gasteiger partial charge in [-0.15, -0.1) is 4.80 Å². The molecule has 0 N–H and O–H groups in total. The molecule has 1 aliphatic heterocycles. The summed E-state index contributed by atoms with van der Waals surface area (Å²) in [6, 6.07) is 5.41. The Labute approximate surface area is 181 Å². The number of likely N-dealkylation sites (tertiary alicyclic amines) is 1. The molecular weight excluding hydrogens is 418 g/mol. The highest BCUT2D eigenvalue weighted by molar-refractivity contribution is 5.96. The molecule has 32 heavy (non-hydrogen) atoms. The Bertz CT molecular complexity index is 1300. The molecule has 4 heterocycles. The first-order valence-corrected chi connectivity index (χ1v) is 10.3. The van der Waals surface area contributed by atoms with Gasteiger partial charge in [-0.25, -0.2) is 18.7 Å². The fourth-order valence-electron chi connectivity index (χ4n) is 4.08. The van der Waals surface area contributed by atoms with Gasteiger partial charge in [0.25, 0.3) is 5.91 Å². The first-order chi connectivity index (χ1) is 15.4. The number of pyridine rings is 1. The van der Waals surface area contributed by atoms with Crippen molar-refractivity contribution in [3.05, 3.63) is 65.6 Å². The van der Waals surface area contributed by atoms with Crippen LogP contribution in [0.4, 0.5) is 8.78 Å². The topological polar surface area (TPSA) is 89.9 Å². The number of piperidine rings is 1. The molecular formula is C22H20F2N6O2. The summed E-state index contributed by atoms with van der Waals surface area (Å²) in [5.41, 5.74) is 1.48. The zero-order chi connectivity index (χ0) is 22.4. The summed E-state index contributed by atoms with van der Waals surface area (Å²) in [6.45, 7) is 4.10. The maximum atomic E-state index is 14.1. The number of carbonyl (C=O) groups is 1. The van der Waals surface area contributed by atoms with E-state index in [2.05, 4.69) is 20.2 Å². The molecule has 1 aromatic carbocycles. The van der Waals surface area contributed by atoms with Crippen LogP contribution < -0.4 is 0 Å². The van der Waals surface area contributed by atoms with Crippen LogP contribution in [0.5, 0.6) is 0 Å². The molecule has 5 rings (SSSR count). The molecule has 0 radical (unpaired) electrons. The summed E-state index contributed by atoms with van der Waals surface area (Å²) in [6.07, 6.45) is 4.47. The number of nitrogens with zero attached hydrogens (tertiary/aromatic N) is 6. The number of benzene rings is 1. The predicted octanol–water partition coefficient (Wildman–Crippen LogP) is 3.80. The number of halogens is 2. The lowest BCUT2D eigenvalue weighted by Gasteiger charge is -2.37. The van der Waals surface area contributed by atoms with Gasteiger partial charge in [-0.05, 0) is 38.8 Å². The van der Waals surface area contributed by atoms with Gasteiger partial charge in [-0.3, -0.25) is 4.79 Å². The van der Waals surface area contributed by atoms with Crippen LogP contribution in [0.1, 0.15) is 47.8 Å². The second kappa shape index (κ2) is 7.77. The number of amides is 1. The molecule has 8 nitrogen and oxygen atoms in total. The van der Waals surface area contributed by atoms with Crippen molar-refractivity contribution >= 4 is 17.0 Å². The van der Waals surface area contributed by atoms with Gasteiger partial charge in [0.2, 0.25) is 0 Å². The van der Waals surface area contributed by atoms with Gasteiger partial charge < -0.3 is 9.32 Å². The second-order valence-corrected chi connectivity index (χ2v) is 8.01. The summed E-state index contributed by atoms with van der Waals surface area (Å²) in [4.78, 5) is 25.4. The molecule has 2 atom stereocenters. The summed E-state index contributed by atoms with van der Waals surface area (Å²) >= 11 is 0. The number of oxazole rings is 1. The van der Waals surface area contributed by atoms with Crippen LogP contribution in [0.15, 0.2) is 41.1 Å². The van der Waals surface area contributed by atoms with Gasteiger partial charge in [0.05, 0.1) is 18.3 Å². The maximum absolute atomic E-state index is 14.1. The number of aromatic nitrogens is 5. The number of hydrogen-bond donors (Lipinski definition) is 0. The first kappa shape index (κ1) is 20.2. The van der Waals surface area contributed by atoms with Crippen molar-refractivity contribution in [2.45, 2.75) is 38.6 Å². The highest BCUT2D eigenvalue weighted by atomic mass is 19.1. The van der Waals surface area contributed by atoms with Crippen molar-refractivity contribution in [2.75, 3.05) is 6.54 Å². The van der Waals surface area contributed by atoms with Crippen molar-refractivity contribution < 1.29 is 18.0 Å². The number of fused-ring (bicyclic) bond motifs is 1. The normalized spacial score (nSPS) is 18.9. The molecule has 1 aliphatic rings. The van der Waals surface area contributed by atoms with E-state index >= 15 is 0 Å². The largest absolute Gasteiger partial charge is 0.440 e. The molecule has 0 spiro atoms. The van der Waals surface area contributed by atoms with Crippen molar-refractivity contribution in [1.82, 2.24) is 29.9 Å². The second-order valence-electron chi connectivity index (χ2n) is 8.01. The summed E-state index contributed by atoms with van der Waals surface area (Å²) in [5.74, 6) is -1.71. The lowest BCUT2D eigenvalue weighted by Crippen LogP contribution is -2.45. The smallest absolute Gasteiger partial charge is 0.275 e. The van der Waals surface area contributed by atoms with Gasteiger partial charge in [-0.2, -0.15) is 10.2 Å². The minimum absolute atomic E-state index is 0.00899. The maximum Gasteiger partial charge on any atom is 0.275 e. The average Bonchev–Trinajstić information content (AvgIpc) is 3.44. The molecule has 164 valence electrons. The van der Waals surface area contributed by atoms with Crippen LogP contribution in [-0.4, -0.2) is 48.4 Å². The molecule has 3 aromatic heterocycles.